The minimum absolute atomic E-state index is 0.237. The van der Waals surface area contributed by atoms with Gasteiger partial charge in [-0.3, -0.25) is 4.79 Å². The van der Waals surface area contributed by atoms with Crippen LogP contribution in [0.25, 0.3) is 0 Å². The lowest BCUT2D eigenvalue weighted by Crippen LogP contribution is -2.44. The molecule has 23 heavy (non-hydrogen) atoms. The number of nitriles is 1. The number of anilines is 1. The number of hydrogen-bond acceptors (Lipinski definition) is 3. The van der Waals surface area contributed by atoms with Crippen molar-refractivity contribution in [3.05, 3.63) is 29.8 Å². The SMILES string of the molecule is CC(C)(C#N)c1ccc(NC(=O)N2CCCC(C(=O)O)C2)cc1. The quantitative estimate of drug-likeness (QED) is 0.897. The number of aliphatic carboxylic acids is 1. The normalized spacial score (nSPS) is 18.1. The van der Waals surface area contributed by atoms with Crippen LogP contribution in [0.4, 0.5) is 10.5 Å². The minimum atomic E-state index is -0.856. The number of carbonyl (C=O) groups excluding carboxylic acids is 1. The van der Waals surface area contributed by atoms with Crippen LogP contribution in [-0.4, -0.2) is 35.1 Å². The number of rotatable bonds is 3. The van der Waals surface area contributed by atoms with Gasteiger partial charge in [0.15, 0.2) is 0 Å². The molecule has 122 valence electrons. The largest absolute Gasteiger partial charge is 0.481 e. The van der Waals surface area contributed by atoms with E-state index in [9.17, 15) is 9.59 Å². The summed E-state index contributed by atoms with van der Waals surface area (Å²) in [5.74, 6) is -1.35. The fraction of sp³-hybridized carbons (Fsp3) is 0.471. The average Bonchev–Trinajstić information content (AvgIpc) is 2.55. The molecule has 1 fully saturated rings. The molecular weight excluding hydrogens is 294 g/mol. The molecule has 6 nitrogen and oxygen atoms in total. The van der Waals surface area contributed by atoms with Crippen LogP contribution >= 0.6 is 0 Å². The number of nitrogens with zero attached hydrogens (tertiary/aromatic N) is 2. The summed E-state index contributed by atoms with van der Waals surface area (Å²) < 4.78 is 0. The van der Waals surface area contributed by atoms with E-state index in [4.69, 9.17) is 10.4 Å². The Labute approximate surface area is 135 Å². The maximum absolute atomic E-state index is 12.2. The molecule has 1 unspecified atom stereocenters. The number of amides is 2. The lowest BCUT2D eigenvalue weighted by Gasteiger charge is -2.30. The summed E-state index contributed by atoms with van der Waals surface area (Å²) in [4.78, 5) is 24.8. The molecule has 2 rings (SSSR count). The Bertz CT molecular complexity index is 631. The van der Waals surface area contributed by atoms with Crippen molar-refractivity contribution >= 4 is 17.7 Å². The van der Waals surface area contributed by atoms with Crippen molar-refractivity contribution in [2.75, 3.05) is 18.4 Å². The Kier molecular flexibility index (Phi) is 4.89. The Morgan fingerprint density at radius 1 is 1.35 bits per heavy atom. The molecule has 0 aromatic heterocycles. The first-order chi connectivity index (χ1) is 10.8. The lowest BCUT2D eigenvalue weighted by atomic mass is 9.86. The number of nitrogens with one attached hydrogen (secondary N) is 1. The molecule has 1 aliphatic rings. The molecule has 2 N–H and O–H groups in total. The molecule has 1 saturated heterocycles. The van der Waals surface area contributed by atoms with Gasteiger partial charge in [-0.2, -0.15) is 5.26 Å². The molecule has 0 aliphatic carbocycles. The van der Waals surface area contributed by atoms with Crippen LogP contribution in [0.5, 0.6) is 0 Å². The monoisotopic (exact) mass is 315 g/mol. The Morgan fingerprint density at radius 2 is 2.00 bits per heavy atom. The van der Waals surface area contributed by atoms with E-state index in [-0.39, 0.29) is 12.6 Å². The van der Waals surface area contributed by atoms with Gasteiger partial charge in [-0.1, -0.05) is 12.1 Å². The van der Waals surface area contributed by atoms with Crippen molar-refractivity contribution in [1.82, 2.24) is 4.90 Å². The van der Waals surface area contributed by atoms with E-state index in [0.717, 1.165) is 5.56 Å². The molecule has 2 amide bonds. The fourth-order valence-electron chi connectivity index (χ4n) is 2.60. The molecule has 0 bridgehead atoms. The van der Waals surface area contributed by atoms with Gasteiger partial charge in [0.2, 0.25) is 0 Å². The molecule has 0 saturated carbocycles. The Morgan fingerprint density at radius 3 is 2.57 bits per heavy atom. The van der Waals surface area contributed by atoms with Crippen LogP contribution in [0.1, 0.15) is 32.3 Å². The first-order valence-corrected chi connectivity index (χ1v) is 7.64. The maximum atomic E-state index is 12.2. The number of benzene rings is 1. The highest BCUT2D eigenvalue weighted by molar-refractivity contribution is 5.89. The zero-order valence-electron chi connectivity index (χ0n) is 13.4. The summed E-state index contributed by atoms with van der Waals surface area (Å²) in [6.45, 7) is 4.47. The topological polar surface area (TPSA) is 93.4 Å². The van der Waals surface area contributed by atoms with Crippen LogP contribution in [-0.2, 0) is 10.2 Å². The van der Waals surface area contributed by atoms with Crippen molar-refractivity contribution in [2.24, 2.45) is 5.92 Å². The summed E-state index contributed by atoms with van der Waals surface area (Å²) >= 11 is 0. The third kappa shape index (κ3) is 4.01. The van der Waals surface area contributed by atoms with Crippen molar-refractivity contribution in [1.29, 1.82) is 5.26 Å². The average molecular weight is 315 g/mol. The molecular formula is C17H21N3O3. The Hall–Kier alpha value is -2.55. The second-order valence-electron chi connectivity index (χ2n) is 6.37. The predicted molar refractivity (Wildman–Crippen MR) is 86.0 cm³/mol. The number of likely N-dealkylation sites (tertiary alicyclic amines) is 1. The number of piperidine rings is 1. The fourth-order valence-corrected chi connectivity index (χ4v) is 2.60. The summed E-state index contributed by atoms with van der Waals surface area (Å²) in [7, 11) is 0. The smallest absolute Gasteiger partial charge is 0.321 e. The number of carbonyl (C=O) groups is 2. The van der Waals surface area contributed by atoms with E-state index in [0.29, 0.717) is 25.1 Å². The highest BCUT2D eigenvalue weighted by atomic mass is 16.4. The predicted octanol–water partition coefficient (Wildman–Crippen LogP) is 2.82. The third-order valence-electron chi connectivity index (χ3n) is 4.20. The number of carboxylic acids is 1. The molecule has 1 heterocycles. The number of carboxylic acid groups (broad SMARTS) is 1. The summed E-state index contributed by atoms with van der Waals surface area (Å²) in [5.41, 5.74) is 0.927. The van der Waals surface area contributed by atoms with Crippen LogP contribution in [0.3, 0.4) is 0 Å². The number of urea groups is 1. The van der Waals surface area contributed by atoms with E-state index in [1.165, 1.54) is 4.90 Å². The summed E-state index contributed by atoms with van der Waals surface area (Å²) in [6, 6.07) is 9.08. The van der Waals surface area contributed by atoms with E-state index >= 15 is 0 Å². The second kappa shape index (κ2) is 6.69. The van der Waals surface area contributed by atoms with Crippen LogP contribution in [0, 0.1) is 17.2 Å². The van der Waals surface area contributed by atoms with Gasteiger partial charge in [0, 0.05) is 18.8 Å². The first kappa shape index (κ1) is 16.8. The van der Waals surface area contributed by atoms with Gasteiger partial charge >= 0.3 is 12.0 Å². The van der Waals surface area contributed by atoms with Gasteiger partial charge in [0.25, 0.3) is 0 Å². The van der Waals surface area contributed by atoms with Gasteiger partial charge in [0.1, 0.15) is 0 Å². The molecule has 0 radical (unpaired) electrons. The number of hydrogen-bond donors (Lipinski definition) is 2. The third-order valence-corrected chi connectivity index (χ3v) is 4.20. The van der Waals surface area contributed by atoms with Crippen LogP contribution in [0.2, 0.25) is 0 Å². The molecule has 1 atom stereocenters. The first-order valence-electron chi connectivity index (χ1n) is 7.64. The van der Waals surface area contributed by atoms with Gasteiger partial charge < -0.3 is 15.3 Å². The van der Waals surface area contributed by atoms with Gasteiger partial charge in [-0.25, -0.2) is 4.79 Å². The Balaban J connectivity index is 2.00. The molecule has 1 aliphatic heterocycles. The van der Waals surface area contributed by atoms with Gasteiger partial charge in [0.05, 0.1) is 17.4 Å². The highest BCUT2D eigenvalue weighted by Crippen LogP contribution is 2.24. The summed E-state index contributed by atoms with van der Waals surface area (Å²) in [5, 5.41) is 21.0. The minimum Gasteiger partial charge on any atom is -0.481 e. The van der Waals surface area contributed by atoms with Gasteiger partial charge in [-0.05, 0) is 44.4 Å². The lowest BCUT2D eigenvalue weighted by molar-refractivity contribution is -0.143. The van der Waals surface area contributed by atoms with Crippen molar-refractivity contribution in [2.45, 2.75) is 32.1 Å². The second-order valence-corrected chi connectivity index (χ2v) is 6.37. The maximum Gasteiger partial charge on any atom is 0.321 e. The standard InChI is InChI=1S/C17H21N3O3/c1-17(2,11-18)13-5-7-14(8-6-13)19-16(23)20-9-3-4-12(10-20)15(21)22/h5-8,12H,3-4,9-10H2,1-2H3,(H,19,23)(H,21,22). The van der Waals surface area contributed by atoms with E-state index in [1.807, 2.05) is 26.0 Å². The molecule has 1 aromatic rings. The molecule has 6 heteroatoms. The van der Waals surface area contributed by atoms with Crippen molar-refractivity contribution in [3.8, 4) is 6.07 Å². The van der Waals surface area contributed by atoms with E-state index in [1.54, 1.807) is 12.1 Å². The van der Waals surface area contributed by atoms with Crippen LogP contribution < -0.4 is 5.32 Å². The van der Waals surface area contributed by atoms with Crippen LogP contribution in [0.15, 0.2) is 24.3 Å². The van der Waals surface area contributed by atoms with Crippen molar-refractivity contribution < 1.29 is 14.7 Å². The molecule has 0 spiro atoms. The zero-order chi connectivity index (χ0) is 17.0. The van der Waals surface area contributed by atoms with Gasteiger partial charge in [-0.15, -0.1) is 0 Å². The highest BCUT2D eigenvalue weighted by Gasteiger charge is 2.28. The summed E-state index contributed by atoms with van der Waals surface area (Å²) in [6.07, 6.45) is 1.30. The van der Waals surface area contributed by atoms with E-state index < -0.39 is 17.3 Å². The zero-order valence-corrected chi connectivity index (χ0v) is 13.4. The molecule has 1 aromatic carbocycles. The van der Waals surface area contributed by atoms with E-state index in [2.05, 4.69) is 11.4 Å². The van der Waals surface area contributed by atoms with Crippen molar-refractivity contribution in [3.63, 3.8) is 0 Å².